The van der Waals surface area contributed by atoms with Crippen LogP contribution in [0.25, 0.3) is 0 Å². The van der Waals surface area contributed by atoms with Gasteiger partial charge in [0, 0.05) is 16.2 Å². The van der Waals surface area contributed by atoms with Crippen LogP contribution in [-0.2, 0) is 0 Å². The Morgan fingerprint density at radius 2 is 2.23 bits per heavy atom. The minimum Gasteiger partial charge on any atom is -0.493 e. The number of benzene rings is 1. The molecule has 70 valence electrons. The first kappa shape index (κ1) is 9.71. The monoisotopic (exact) mass is 180 g/mol. The first-order valence-electron chi connectivity index (χ1n) is 4.39. The van der Waals surface area contributed by atoms with Crippen LogP contribution < -0.4 is 9.91 Å². The molecule has 0 spiro atoms. The van der Waals surface area contributed by atoms with E-state index in [2.05, 4.69) is 0 Å². The van der Waals surface area contributed by atoms with Crippen LogP contribution in [0.3, 0.4) is 0 Å². The Morgan fingerprint density at radius 1 is 1.46 bits per heavy atom. The molecule has 3 heteroatoms. The summed E-state index contributed by atoms with van der Waals surface area (Å²) in [6, 6.07) is 5.32. The Kier molecular flexibility index (Phi) is 3.43. The van der Waals surface area contributed by atoms with E-state index < -0.39 is 0 Å². The summed E-state index contributed by atoms with van der Waals surface area (Å²) in [6.45, 7) is 4.69. The molecule has 0 aliphatic rings. The summed E-state index contributed by atoms with van der Waals surface area (Å²) in [5, 5.41) is 1.84. The van der Waals surface area contributed by atoms with E-state index >= 15 is 0 Å². The molecule has 1 rings (SSSR count). The first-order valence-corrected chi connectivity index (χ1v) is 4.39. The second-order valence-corrected chi connectivity index (χ2v) is 2.93. The number of nitroso groups, excluding NO2 is 1. The lowest BCUT2D eigenvalue weighted by atomic mass is 10.2. The fraction of sp³-hybridized carbons (Fsp3) is 0.400. The Labute approximate surface area is 77.7 Å². The van der Waals surface area contributed by atoms with Crippen LogP contribution >= 0.6 is 0 Å². The highest BCUT2D eigenvalue weighted by Gasteiger charge is 2.04. The van der Waals surface area contributed by atoms with E-state index in [1.165, 1.54) is 0 Å². The van der Waals surface area contributed by atoms with Crippen molar-refractivity contribution in [2.24, 2.45) is 0 Å². The molecular formula is C10H14NO2+. The van der Waals surface area contributed by atoms with Gasteiger partial charge in [0.2, 0.25) is 0 Å². The lowest BCUT2D eigenvalue weighted by molar-refractivity contribution is -0.379. The maximum Gasteiger partial charge on any atom is 0.257 e. The highest BCUT2D eigenvalue weighted by Crippen LogP contribution is 2.19. The molecule has 1 N–H and O–H groups in total. The van der Waals surface area contributed by atoms with Crippen molar-refractivity contribution in [3.05, 3.63) is 28.7 Å². The SMILES string of the molecule is CCCOc1cc([NH+]=O)ccc1C. The molecule has 0 unspecified atom stereocenters. The quantitative estimate of drug-likeness (QED) is 0.757. The van der Waals surface area contributed by atoms with Crippen molar-refractivity contribution >= 4 is 5.69 Å². The zero-order chi connectivity index (χ0) is 9.68. The molecule has 0 saturated carbocycles. The summed E-state index contributed by atoms with van der Waals surface area (Å²) in [6.07, 6.45) is 0.967. The maximum atomic E-state index is 10.4. The van der Waals surface area contributed by atoms with Gasteiger partial charge in [-0.3, -0.25) is 0 Å². The molecule has 0 atom stereocenters. The van der Waals surface area contributed by atoms with E-state index in [4.69, 9.17) is 4.74 Å². The fourth-order valence-electron chi connectivity index (χ4n) is 1.03. The van der Waals surface area contributed by atoms with E-state index in [0.29, 0.717) is 12.3 Å². The first-order chi connectivity index (χ1) is 6.27. The Morgan fingerprint density at radius 3 is 2.85 bits per heavy atom. The Balaban J connectivity index is 2.83. The number of hydrogen-bond acceptors (Lipinski definition) is 2. The zero-order valence-electron chi connectivity index (χ0n) is 7.96. The number of hydrogen-bond donors (Lipinski definition) is 1. The lowest BCUT2D eigenvalue weighted by Gasteiger charge is -2.06. The van der Waals surface area contributed by atoms with Gasteiger partial charge in [-0.1, -0.05) is 6.92 Å². The molecule has 0 radical (unpaired) electrons. The number of rotatable bonds is 4. The molecule has 0 heterocycles. The van der Waals surface area contributed by atoms with Crippen molar-refractivity contribution in [1.82, 2.24) is 0 Å². The van der Waals surface area contributed by atoms with Gasteiger partial charge in [-0.05, 0) is 25.0 Å². The van der Waals surface area contributed by atoms with E-state index in [-0.39, 0.29) is 0 Å². The van der Waals surface area contributed by atoms with E-state index in [0.717, 1.165) is 17.7 Å². The highest BCUT2D eigenvalue weighted by molar-refractivity contribution is 5.42. The molecule has 1 aromatic carbocycles. The van der Waals surface area contributed by atoms with E-state index in [1.54, 1.807) is 12.1 Å². The molecular weight excluding hydrogens is 166 g/mol. The lowest BCUT2D eigenvalue weighted by Crippen LogP contribution is -2.55. The molecule has 0 fully saturated rings. The summed E-state index contributed by atoms with van der Waals surface area (Å²) >= 11 is 0. The van der Waals surface area contributed by atoms with E-state index in [1.807, 2.05) is 25.1 Å². The normalized spacial score (nSPS) is 9.69. The zero-order valence-corrected chi connectivity index (χ0v) is 7.96. The third kappa shape index (κ3) is 2.54. The molecule has 0 amide bonds. The topological polar surface area (TPSA) is 40.3 Å². The minimum absolute atomic E-state index is 0.539. The van der Waals surface area contributed by atoms with Crippen LogP contribution in [0.15, 0.2) is 18.2 Å². The fourth-order valence-corrected chi connectivity index (χ4v) is 1.03. The van der Waals surface area contributed by atoms with Crippen molar-refractivity contribution < 1.29 is 9.91 Å². The van der Waals surface area contributed by atoms with Crippen molar-refractivity contribution in [3.63, 3.8) is 0 Å². The van der Waals surface area contributed by atoms with Gasteiger partial charge >= 0.3 is 0 Å². The van der Waals surface area contributed by atoms with Crippen LogP contribution in [0, 0.1) is 11.8 Å². The second-order valence-electron chi connectivity index (χ2n) is 2.93. The molecule has 13 heavy (non-hydrogen) atoms. The number of ether oxygens (including phenoxy) is 1. The average molecular weight is 180 g/mol. The van der Waals surface area contributed by atoms with Gasteiger partial charge in [0.1, 0.15) is 5.75 Å². The summed E-state index contributed by atoms with van der Waals surface area (Å²) in [5.41, 5.74) is 1.59. The molecule has 3 nitrogen and oxygen atoms in total. The second kappa shape index (κ2) is 4.60. The number of aryl methyl sites for hydroxylation is 1. The molecule has 0 aliphatic carbocycles. The maximum absolute atomic E-state index is 10.4. The Hall–Kier alpha value is -1.38. The van der Waals surface area contributed by atoms with E-state index in [9.17, 15) is 4.91 Å². The molecule has 0 saturated heterocycles. The standard InChI is InChI=1S/C10H13NO2/c1-3-6-13-10-7-9(11-12)5-4-8(10)2/h4-5,7H,3,6H2,1-2H3/p+1. The van der Waals surface area contributed by atoms with Crippen LogP contribution in [0.2, 0.25) is 0 Å². The third-order valence-electron chi connectivity index (χ3n) is 1.77. The van der Waals surface area contributed by atoms with Crippen molar-refractivity contribution in [3.8, 4) is 5.75 Å². The molecule has 0 aliphatic heterocycles. The molecule has 1 aromatic rings. The minimum atomic E-state index is 0.539. The van der Waals surface area contributed by atoms with Gasteiger partial charge in [-0.2, -0.15) is 0 Å². The third-order valence-corrected chi connectivity index (χ3v) is 1.77. The summed E-state index contributed by atoms with van der Waals surface area (Å²) in [5.74, 6) is 0.780. The predicted octanol–water partition coefficient (Wildman–Crippen LogP) is 1.26. The van der Waals surface area contributed by atoms with Crippen molar-refractivity contribution in [2.45, 2.75) is 20.3 Å². The Bertz CT molecular complexity index is 297. The highest BCUT2D eigenvalue weighted by atomic mass is 16.5. The predicted molar refractivity (Wildman–Crippen MR) is 51.0 cm³/mol. The van der Waals surface area contributed by atoms with Crippen LogP contribution in [0.1, 0.15) is 18.9 Å². The van der Waals surface area contributed by atoms with Crippen LogP contribution in [0.4, 0.5) is 5.69 Å². The average Bonchev–Trinajstić information content (AvgIpc) is 2.17. The summed E-state index contributed by atoms with van der Waals surface area (Å²) in [4.78, 5) is 10.4. The van der Waals surface area contributed by atoms with Gasteiger partial charge in [0.15, 0.2) is 0 Å². The summed E-state index contributed by atoms with van der Waals surface area (Å²) in [7, 11) is 0. The van der Waals surface area contributed by atoms with Gasteiger partial charge in [-0.25, -0.2) is 0 Å². The van der Waals surface area contributed by atoms with Crippen LogP contribution in [-0.4, -0.2) is 6.61 Å². The van der Waals surface area contributed by atoms with Gasteiger partial charge in [0.25, 0.3) is 5.69 Å². The molecule has 0 bridgehead atoms. The van der Waals surface area contributed by atoms with Gasteiger partial charge in [-0.15, -0.1) is 0 Å². The largest absolute Gasteiger partial charge is 0.493 e. The van der Waals surface area contributed by atoms with Crippen LogP contribution in [0.5, 0.6) is 5.75 Å². The van der Waals surface area contributed by atoms with Crippen molar-refractivity contribution in [2.75, 3.05) is 6.61 Å². The van der Waals surface area contributed by atoms with Gasteiger partial charge in [0.05, 0.1) is 12.7 Å². The molecule has 0 aromatic heterocycles. The van der Waals surface area contributed by atoms with Gasteiger partial charge < -0.3 is 4.74 Å². The smallest absolute Gasteiger partial charge is 0.257 e. The number of nitrogens with one attached hydrogen (secondary N) is 1. The summed E-state index contributed by atoms with van der Waals surface area (Å²) < 4.78 is 5.45. The van der Waals surface area contributed by atoms with Crippen molar-refractivity contribution in [1.29, 1.82) is 0 Å².